The lowest BCUT2D eigenvalue weighted by atomic mass is 9.96. The molecule has 0 spiro atoms. The van der Waals surface area contributed by atoms with Crippen molar-refractivity contribution in [3.63, 3.8) is 0 Å². The van der Waals surface area contributed by atoms with Crippen molar-refractivity contribution in [1.82, 2.24) is 5.32 Å². The Morgan fingerprint density at radius 2 is 2.10 bits per heavy atom. The third-order valence-electron chi connectivity index (χ3n) is 3.94. The van der Waals surface area contributed by atoms with Gasteiger partial charge < -0.3 is 10.1 Å². The van der Waals surface area contributed by atoms with E-state index in [-0.39, 0.29) is 18.0 Å². The molecule has 1 aliphatic carbocycles. The first-order chi connectivity index (χ1) is 9.67. The Morgan fingerprint density at radius 1 is 1.35 bits per heavy atom. The Labute approximate surface area is 121 Å². The quantitative estimate of drug-likeness (QED) is 0.777. The minimum Gasteiger partial charge on any atom is -0.376 e. The molecule has 1 aliphatic rings. The number of aryl methyl sites for hydroxylation is 1. The molecule has 0 radical (unpaired) electrons. The summed E-state index contributed by atoms with van der Waals surface area (Å²) in [5, 5.41) is 3.55. The van der Waals surface area contributed by atoms with Crippen LogP contribution in [0.25, 0.3) is 0 Å². The van der Waals surface area contributed by atoms with E-state index in [1.165, 1.54) is 12.8 Å². The maximum atomic E-state index is 13.9. The number of halogens is 1. The fourth-order valence-corrected chi connectivity index (χ4v) is 2.65. The molecular formula is C17H26FNO. The number of benzene rings is 1. The van der Waals surface area contributed by atoms with Gasteiger partial charge in [0, 0.05) is 6.61 Å². The molecule has 0 amide bonds. The highest BCUT2D eigenvalue weighted by Gasteiger charge is 2.37. The lowest BCUT2D eigenvalue weighted by Crippen LogP contribution is -2.36. The summed E-state index contributed by atoms with van der Waals surface area (Å²) in [6.07, 6.45) is 3.68. The minimum absolute atomic E-state index is 0.0949. The van der Waals surface area contributed by atoms with E-state index in [1.54, 1.807) is 13.0 Å². The van der Waals surface area contributed by atoms with Gasteiger partial charge in [-0.1, -0.05) is 19.1 Å². The molecule has 0 heterocycles. The van der Waals surface area contributed by atoms with Crippen molar-refractivity contribution < 1.29 is 9.13 Å². The lowest BCUT2D eigenvalue weighted by Gasteiger charge is -2.29. The molecule has 1 aromatic carbocycles. The summed E-state index contributed by atoms with van der Waals surface area (Å²) in [5.41, 5.74) is 1.70. The maximum Gasteiger partial charge on any atom is 0.126 e. The van der Waals surface area contributed by atoms with E-state index < -0.39 is 0 Å². The van der Waals surface area contributed by atoms with Crippen LogP contribution in [-0.4, -0.2) is 19.3 Å². The first-order valence-corrected chi connectivity index (χ1v) is 7.78. The van der Waals surface area contributed by atoms with E-state index in [0.717, 1.165) is 18.5 Å². The molecule has 20 heavy (non-hydrogen) atoms. The third kappa shape index (κ3) is 3.80. The Balaban J connectivity index is 2.22. The van der Waals surface area contributed by atoms with Gasteiger partial charge >= 0.3 is 0 Å². The summed E-state index contributed by atoms with van der Waals surface area (Å²) >= 11 is 0. The van der Waals surface area contributed by atoms with E-state index in [9.17, 15) is 4.39 Å². The van der Waals surface area contributed by atoms with Gasteiger partial charge in [0.1, 0.15) is 5.82 Å². The Morgan fingerprint density at radius 3 is 2.65 bits per heavy atom. The normalized spacial score (nSPS) is 18.0. The molecule has 0 bridgehead atoms. The van der Waals surface area contributed by atoms with E-state index in [0.29, 0.717) is 18.1 Å². The van der Waals surface area contributed by atoms with Crippen LogP contribution in [0.15, 0.2) is 18.2 Å². The van der Waals surface area contributed by atoms with Gasteiger partial charge in [-0.3, -0.25) is 0 Å². The summed E-state index contributed by atoms with van der Waals surface area (Å²) in [4.78, 5) is 0. The molecule has 0 saturated heterocycles. The van der Waals surface area contributed by atoms with Gasteiger partial charge in [-0.05, 0) is 62.8 Å². The second-order valence-corrected chi connectivity index (χ2v) is 5.70. The summed E-state index contributed by atoms with van der Waals surface area (Å²) in [6.45, 7) is 7.61. The number of hydrogen-bond donors (Lipinski definition) is 1. The van der Waals surface area contributed by atoms with Crippen molar-refractivity contribution in [1.29, 1.82) is 0 Å². The largest absolute Gasteiger partial charge is 0.376 e. The highest BCUT2D eigenvalue weighted by molar-refractivity contribution is 5.27. The minimum atomic E-state index is -0.128. The molecule has 2 unspecified atom stereocenters. The molecule has 1 saturated carbocycles. The SMILES string of the molecule is CCCNC(c1ccc(C)c(F)c1)C(OCC)C1CC1. The van der Waals surface area contributed by atoms with Crippen molar-refractivity contribution in [2.24, 2.45) is 5.92 Å². The third-order valence-corrected chi connectivity index (χ3v) is 3.94. The number of rotatable bonds is 8. The molecular weight excluding hydrogens is 253 g/mol. The van der Waals surface area contributed by atoms with E-state index in [1.807, 2.05) is 19.1 Å². The summed E-state index contributed by atoms with van der Waals surface area (Å²) in [5.74, 6) is 0.491. The average molecular weight is 279 g/mol. The molecule has 3 heteroatoms. The molecule has 1 fully saturated rings. The van der Waals surface area contributed by atoms with Gasteiger partial charge in [-0.15, -0.1) is 0 Å². The number of ether oxygens (including phenoxy) is 1. The van der Waals surface area contributed by atoms with Crippen molar-refractivity contribution in [2.45, 2.75) is 52.2 Å². The van der Waals surface area contributed by atoms with Gasteiger partial charge in [0.25, 0.3) is 0 Å². The van der Waals surface area contributed by atoms with E-state index in [4.69, 9.17) is 4.74 Å². The van der Waals surface area contributed by atoms with Crippen LogP contribution < -0.4 is 5.32 Å². The highest BCUT2D eigenvalue weighted by Crippen LogP contribution is 2.40. The van der Waals surface area contributed by atoms with Crippen LogP contribution in [0.2, 0.25) is 0 Å². The molecule has 2 rings (SSSR count). The van der Waals surface area contributed by atoms with Crippen LogP contribution in [0.1, 0.15) is 50.3 Å². The predicted molar refractivity (Wildman–Crippen MR) is 80.3 cm³/mol. The van der Waals surface area contributed by atoms with Gasteiger partial charge in [0.05, 0.1) is 12.1 Å². The zero-order valence-electron chi connectivity index (χ0n) is 12.8. The second-order valence-electron chi connectivity index (χ2n) is 5.70. The van der Waals surface area contributed by atoms with Crippen LogP contribution in [-0.2, 0) is 4.74 Å². The van der Waals surface area contributed by atoms with E-state index in [2.05, 4.69) is 12.2 Å². The fraction of sp³-hybridized carbons (Fsp3) is 0.647. The van der Waals surface area contributed by atoms with Crippen LogP contribution in [0.5, 0.6) is 0 Å². The average Bonchev–Trinajstić information content (AvgIpc) is 3.26. The van der Waals surface area contributed by atoms with Crippen LogP contribution in [0.3, 0.4) is 0 Å². The van der Waals surface area contributed by atoms with Gasteiger partial charge in [-0.2, -0.15) is 0 Å². The summed E-state index contributed by atoms with van der Waals surface area (Å²) < 4.78 is 19.8. The summed E-state index contributed by atoms with van der Waals surface area (Å²) in [7, 11) is 0. The fourth-order valence-electron chi connectivity index (χ4n) is 2.65. The monoisotopic (exact) mass is 279 g/mol. The van der Waals surface area contributed by atoms with Gasteiger partial charge in [0.15, 0.2) is 0 Å². The zero-order chi connectivity index (χ0) is 14.5. The maximum absolute atomic E-state index is 13.9. The standard InChI is InChI=1S/C17H26FNO/c1-4-10-19-16(17(20-5-2)13-8-9-13)14-7-6-12(3)15(18)11-14/h6-7,11,13,16-17,19H,4-5,8-10H2,1-3H3. The van der Waals surface area contributed by atoms with Crippen molar-refractivity contribution in [2.75, 3.05) is 13.2 Å². The number of nitrogens with one attached hydrogen (secondary N) is 1. The van der Waals surface area contributed by atoms with Crippen LogP contribution in [0.4, 0.5) is 4.39 Å². The molecule has 0 aromatic heterocycles. The molecule has 2 nitrogen and oxygen atoms in total. The van der Waals surface area contributed by atoms with Crippen molar-refractivity contribution in [3.8, 4) is 0 Å². The molecule has 1 aromatic rings. The van der Waals surface area contributed by atoms with Crippen molar-refractivity contribution in [3.05, 3.63) is 35.1 Å². The Bertz CT molecular complexity index is 431. The zero-order valence-corrected chi connectivity index (χ0v) is 12.8. The highest BCUT2D eigenvalue weighted by atomic mass is 19.1. The predicted octanol–water partition coefficient (Wildman–Crippen LogP) is 3.99. The molecule has 2 atom stereocenters. The first kappa shape index (κ1) is 15.5. The topological polar surface area (TPSA) is 21.3 Å². The first-order valence-electron chi connectivity index (χ1n) is 7.78. The van der Waals surface area contributed by atoms with Gasteiger partial charge in [-0.25, -0.2) is 4.39 Å². The van der Waals surface area contributed by atoms with Gasteiger partial charge in [0.2, 0.25) is 0 Å². The molecule has 112 valence electrons. The lowest BCUT2D eigenvalue weighted by molar-refractivity contribution is 0.0185. The van der Waals surface area contributed by atoms with Crippen molar-refractivity contribution >= 4 is 0 Å². The molecule has 1 N–H and O–H groups in total. The molecule has 0 aliphatic heterocycles. The Hall–Kier alpha value is -0.930. The smallest absolute Gasteiger partial charge is 0.126 e. The van der Waals surface area contributed by atoms with Crippen LogP contribution in [0, 0.1) is 18.7 Å². The Kier molecular flexibility index (Phi) is 5.55. The summed E-state index contributed by atoms with van der Waals surface area (Å²) in [6, 6.07) is 5.65. The second kappa shape index (κ2) is 7.19. The number of hydrogen-bond acceptors (Lipinski definition) is 2. The van der Waals surface area contributed by atoms with Crippen LogP contribution >= 0.6 is 0 Å². The van der Waals surface area contributed by atoms with E-state index >= 15 is 0 Å².